The number of nitrogens with zero attached hydrogens (tertiary/aromatic N) is 1. The molecule has 0 saturated carbocycles. The van der Waals surface area contributed by atoms with Crippen LogP contribution in [0.15, 0.2) is 0 Å². The summed E-state index contributed by atoms with van der Waals surface area (Å²) in [6, 6.07) is 0. The van der Waals surface area contributed by atoms with Gasteiger partial charge >= 0.3 is 0 Å². The fraction of sp³-hybridized carbons (Fsp3) is 0.933. The van der Waals surface area contributed by atoms with E-state index in [0.29, 0.717) is 24.2 Å². The van der Waals surface area contributed by atoms with E-state index in [1.807, 2.05) is 11.9 Å². The van der Waals surface area contributed by atoms with Crippen LogP contribution in [-0.4, -0.2) is 37.5 Å². The summed E-state index contributed by atoms with van der Waals surface area (Å²) < 4.78 is 0. The van der Waals surface area contributed by atoms with Crippen LogP contribution in [0.3, 0.4) is 0 Å². The number of hydrogen-bond acceptors (Lipinski definition) is 2. The standard InChI is InChI=1S/C15H30N2O/c1-12(15(2,3)4)10-14(18)17(5)11-13-6-8-16-9-7-13/h12-13,16H,6-11H2,1-5H3. The molecular formula is C15H30N2O. The molecular weight excluding hydrogens is 224 g/mol. The molecule has 1 aliphatic rings. The van der Waals surface area contributed by atoms with E-state index in [1.54, 1.807) is 0 Å². The predicted octanol–water partition coefficient (Wildman–Crippen LogP) is 2.52. The highest BCUT2D eigenvalue weighted by Crippen LogP contribution is 2.28. The maximum Gasteiger partial charge on any atom is 0.222 e. The minimum absolute atomic E-state index is 0.214. The first-order valence-corrected chi connectivity index (χ1v) is 7.25. The normalized spacial score (nSPS) is 19.6. The van der Waals surface area contributed by atoms with E-state index in [2.05, 4.69) is 33.0 Å². The van der Waals surface area contributed by atoms with Crippen LogP contribution in [0.4, 0.5) is 0 Å². The van der Waals surface area contributed by atoms with Crippen LogP contribution in [0.25, 0.3) is 0 Å². The third kappa shape index (κ3) is 4.97. The van der Waals surface area contributed by atoms with Crippen molar-refractivity contribution >= 4 is 5.91 Å². The Morgan fingerprint density at radius 2 is 1.89 bits per heavy atom. The largest absolute Gasteiger partial charge is 0.345 e. The molecule has 0 bridgehead atoms. The number of carbonyl (C=O) groups is 1. The second kappa shape index (κ2) is 6.55. The van der Waals surface area contributed by atoms with Crippen molar-refractivity contribution in [2.45, 2.75) is 47.0 Å². The fourth-order valence-electron chi connectivity index (χ4n) is 2.28. The Morgan fingerprint density at radius 3 is 2.39 bits per heavy atom. The summed E-state index contributed by atoms with van der Waals surface area (Å²) in [6.45, 7) is 11.9. The molecule has 1 atom stereocenters. The fourth-order valence-corrected chi connectivity index (χ4v) is 2.28. The number of nitrogens with one attached hydrogen (secondary N) is 1. The molecule has 1 amide bonds. The van der Waals surface area contributed by atoms with Crippen molar-refractivity contribution in [1.29, 1.82) is 0 Å². The van der Waals surface area contributed by atoms with E-state index in [4.69, 9.17) is 0 Å². The van der Waals surface area contributed by atoms with Crippen molar-refractivity contribution in [2.75, 3.05) is 26.7 Å². The zero-order valence-corrected chi connectivity index (χ0v) is 12.8. The van der Waals surface area contributed by atoms with E-state index in [-0.39, 0.29) is 5.41 Å². The van der Waals surface area contributed by atoms with Gasteiger partial charge in [0.05, 0.1) is 0 Å². The third-order valence-corrected chi connectivity index (χ3v) is 4.38. The van der Waals surface area contributed by atoms with Gasteiger partial charge in [-0.05, 0) is 43.2 Å². The summed E-state index contributed by atoms with van der Waals surface area (Å²) in [5.74, 6) is 1.42. The summed E-state index contributed by atoms with van der Waals surface area (Å²) in [4.78, 5) is 14.1. The molecule has 1 aliphatic heterocycles. The molecule has 3 heteroatoms. The van der Waals surface area contributed by atoms with Crippen LogP contribution in [0.2, 0.25) is 0 Å². The SMILES string of the molecule is CC(CC(=O)N(C)CC1CCNCC1)C(C)(C)C. The lowest BCUT2D eigenvalue weighted by Gasteiger charge is -2.31. The lowest BCUT2D eigenvalue weighted by molar-refractivity contribution is -0.132. The van der Waals surface area contributed by atoms with E-state index in [9.17, 15) is 4.79 Å². The van der Waals surface area contributed by atoms with Gasteiger partial charge in [-0.2, -0.15) is 0 Å². The van der Waals surface area contributed by atoms with Crippen LogP contribution in [0.5, 0.6) is 0 Å². The smallest absolute Gasteiger partial charge is 0.222 e. The Bertz CT molecular complexity index is 264. The Balaban J connectivity index is 2.36. The molecule has 1 N–H and O–H groups in total. The van der Waals surface area contributed by atoms with Crippen molar-refractivity contribution in [3.8, 4) is 0 Å². The molecule has 18 heavy (non-hydrogen) atoms. The monoisotopic (exact) mass is 254 g/mol. The van der Waals surface area contributed by atoms with Crippen LogP contribution >= 0.6 is 0 Å². The highest BCUT2D eigenvalue weighted by Gasteiger charge is 2.25. The Labute approximate surface area is 112 Å². The van der Waals surface area contributed by atoms with Gasteiger partial charge in [0.2, 0.25) is 5.91 Å². The van der Waals surface area contributed by atoms with Gasteiger partial charge in [0.1, 0.15) is 0 Å². The van der Waals surface area contributed by atoms with E-state index < -0.39 is 0 Å². The van der Waals surface area contributed by atoms with Gasteiger partial charge in [0.15, 0.2) is 0 Å². The van der Waals surface area contributed by atoms with Gasteiger partial charge < -0.3 is 10.2 Å². The summed E-state index contributed by atoms with van der Waals surface area (Å²) in [5, 5.41) is 3.37. The quantitative estimate of drug-likeness (QED) is 0.836. The topological polar surface area (TPSA) is 32.3 Å². The molecule has 0 aromatic heterocycles. The van der Waals surface area contributed by atoms with Gasteiger partial charge in [-0.25, -0.2) is 0 Å². The first-order chi connectivity index (χ1) is 8.30. The van der Waals surface area contributed by atoms with Gasteiger partial charge in [0, 0.05) is 20.0 Å². The molecule has 1 rings (SSSR count). The number of amides is 1. The molecule has 0 aromatic rings. The zero-order chi connectivity index (χ0) is 13.8. The van der Waals surface area contributed by atoms with Crippen molar-refractivity contribution < 1.29 is 4.79 Å². The number of piperidine rings is 1. The molecule has 106 valence electrons. The van der Waals surface area contributed by atoms with Crippen LogP contribution in [0.1, 0.15) is 47.0 Å². The predicted molar refractivity (Wildman–Crippen MR) is 76.5 cm³/mol. The molecule has 0 radical (unpaired) electrons. The van der Waals surface area contributed by atoms with E-state index in [1.165, 1.54) is 12.8 Å². The molecule has 0 aromatic carbocycles. The molecule has 0 aliphatic carbocycles. The summed E-state index contributed by atoms with van der Waals surface area (Å²) in [5.41, 5.74) is 0.214. The Hall–Kier alpha value is -0.570. The van der Waals surface area contributed by atoms with Crippen LogP contribution < -0.4 is 5.32 Å². The summed E-state index contributed by atoms with van der Waals surface area (Å²) in [7, 11) is 1.96. The van der Waals surface area contributed by atoms with Crippen molar-refractivity contribution in [3.05, 3.63) is 0 Å². The second-order valence-electron chi connectivity index (χ2n) is 6.94. The van der Waals surface area contributed by atoms with Gasteiger partial charge in [-0.1, -0.05) is 27.7 Å². The van der Waals surface area contributed by atoms with Crippen molar-refractivity contribution in [2.24, 2.45) is 17.3 Å². The number of carbonyl (C=O) groups excluding carboxylic acids is 1. The molecule has 3 nitrogen and oxygen atoms in total. The van der Waals surface area contributed by atoms with Crippen LogP contribution in [0, 0.1) is 17.3 Å². The van der Waals surface area contributed by atoms with E-state index >= 15 is 0 Å². The molecule has 0 spiro atoms. The number of hydrogen-bond donors (Lipinski definition) is 1. The highest BCUT2D eigenvalue weighted by atomic mass is 16.2. The minimum atomic E-state index is 0.214. The Morgan fingerprint density at radius 1 is 1.33 bits per heavy atom. The first-order valence-electron chi connectivity index (χ1n) is 7.25. The molecule has 1 unspecified atom stereocenters. The molecule has 1 saturated heterocycles. The average Bonchev–Trinajstić information content (AvgIpc) is 2.28. The zero-order valence-electron chi connectivity index (χ0n) is 12.8. The maximum absolute atomic E-state index is 12.2. The molecule has 1 fully saturated rings. The number of rotatable bonds is 4. The summed E-state index contributed by atoms with van der Waals surface area (Å²) >= 11 is 0. The van der Waals surface area contributed by atoms with Crippen LogP contribution in [-0.2, 0) is 4.79 Å². The van der Waals surface area contributed by atoms with Gasteiger partial charge in [-0.15, -0.1) is 0 Å². The lowest BCUT2D eigenvalue weighted by atomic mass is 9.80. The van der Waals surface area contributed by atoms with Gasteiger partial charge in [0.25, 0.3) is 0 Å². The highest BCUT2D eigenvalue weighted by molar-refractivity contribution is 5.76. The lowest BCUT2D eigenvalue weighted by Crippen LogP contribution is -2.38. The van der Waals surface area contributed by atoms with Crippen molar-refractivity contribution in [1.82, 2.24) is 10.2 Å². The first kappa shape index (κ1) is 15.5. The molecule has 1 heterocycles. The summed E-state index contributed by atoms with van der Waals surface area (Å²) in [6.07, 6.45) is 3.07. The second-order valence-corrected chi connectivity index (χ2v) is 6.94. The van der Waals surface area contributed by atoms with Crippen molar-refractivity contribution in [3.63, 3.8) is 0 Å². The average molecular weight is 254 g/mol. The van der Waals surface area contributed by atoms with E-state index in [0.717, 1.165) is 19.6 Å². The maximum atomic E-state index is 12.2. The van der Waals surface area contributed by atoms with Gasteiger partial charge in [-0.3, -0.25) is 4.79 Å². The third-order valence-electron chi connectivity index (χ3n) is 4.38. The Kier molecular flexibility index (Phi) is 5.64. The minimum Gasteiger partial charge on any atom is -0.345 e.